The molecule has 8 heteroatoms. The van der Waals surface area contributed by atoms with E-state index in [-0.39, 0.29) is 42.1 Å². The van der Waals surface area contributed by atoms with Gasteiger partial charge in [0.15, 0.2) is 0 Å². The minimum Gasteiger partial charge on any atom is -0.404 e. The van der Waals surface area contributed by atoms with Gasteiger partial charge in [0.05, 0.1) is 5.57 Å². The highest BCUT2D eigenvalue weighted by molar-refractivity contribution is 6.16. The largest absolute Gasteiger partial charge is 0.404 e. The Morgan fingerprint density at radius 3 is 2.70 bits per heavy atom. The maximum atomic E-state index is 13.2. The third kappa shape index (κ3) is 3.88. The van der Waals surface area contributed by atoms with Crippen LogP contribution in [0.1, 0.15) is 25.7 Å². The number of nitrogens with two attached hydrogens (primary N) is 2. The standard InChI is InChI=1S/C15H21F2N5O/c1-9(20-10-3-5-15(16,17)6-4-10)21-14-11(8-18)12(19)7-13(23)22(14)2/h7-8,10,20H,1,3-6,18-19H2,2H3/b11-8-,21-14+. The molecule has 6 nitrogen and oxygen atoms in total. The van der Waals surface area contributed by atoms with Crippen LogP contribution in [0, 0.1) is 0 Å². The third-order valence-corrected chi connectivity index (χ3v) is 3.97. The Morgan fingerprint density at radius 1 is 1.52 bits per heavy atom. The number of carbonyl (C=O) groups is 1. The Hall–Kier alpha value is -2.38. The van der Waals surface area contributed by atoms with Crippen molar-refractivity contribution in [3.05, 3.63) is 35.9 Å². The summed E-state index contributed by atoms with van der Waals surface area (Å²) in [6.07, 6.45) is 2.90. The first-order valence-corrected chi connectivity index (χ1v) is 7.33. The lowest BCUT2D eigenvalue weighted by molar-refractivity contribution is -0.121. The first-order valence-electron chi connectivity index (χ1n) is 7.33. The number of nitrogens with one attached hydrogen (secondary N) is 1. The zero-order chi connectivity index (χ0) is 17.2. The summed E-state index contributed by atoms with van der Waals surface area (Å²) in [6.45, 7) is 3.78. The molecule has 0 aromatic heterocycles. The number of hydrogen-bond donors (Lipinski definition) is 3. The minimum atomic E-state index is -2.59. The number of nitrogens with zero attached hydrogens (tertiary/aromatic N) is 2. The van der Waals surface area contributed by atoms with Crippen LogP contribution in [0.25, 0.3) is 0 Å². The number of halogens is 2. The van der Waals surface area contributed by atoms with Crippen molar-refractivity contribution in [2.45, 2.75) is 37.6 Å². The predicted molar refractivity (Wildman–Crippen MR) is 84.2 cm³/mol. The van der Waals surface area contributed by atoms with Crippen LogP contribution in [0.4, 0.5) is 8.78 Å². The molecule has 0 atom stereocenters. The molecule has 2 rings (SSSR count). The van der Waals surface area contributed by atoms with Crippen molar-refractivity contribution >= 4 is 11.7 Å². The number of aliphatic imine (C=N–C) groups is 1. The second-order valence-electron chi connectivity index (χ2n) is 5.73. The van der Waals surface area contributed by atoms with Crippen LogP contribution in [-0.2, 0) is 4.79 Å². The molecule has 2 aliphatic rings. The van der Waals surface area contributed by atoms with Crippen molar-refractivity contribution in [1.29, 1.82) is 0 Å². The van der Waals surface area contributed by atoms with Crippen LogP contribution >= 0.6 is 0 Å². The lowest BCUT2D eigenvalue weighted by Crippen LogP contribution is -2.40. The fourth-order valence-corrected chi connectivity index (χ4v) is 2.61. The summed E-state index contributed by atoms with van der Waals surface area (Å²) in [6, 6.07) is -0.116. The van der Waals surface area contributed by atoms with Crippen LogP contribution in [0.5, 0.6) is 0 Å². The van der Waals surface area contributed by atoms with Gasteiger partial charge in [0, 0.05) is 43.9 Å². The quantitative estimate of drug-likeness (QED) is 0.726. The Kier molecular flexibility index (Phi) is 4.72. The number of amides is 1. The fourth-order valence-electron chi connectivity index (χ4n) is 2.61. The molecule has 1 saturated carbocycles. The molecule has 0 radical (unpaired) electrons. The van der Waals surface area contributed by atoms with Gasteiger partial charge in [-0.3, -0.25) is 9.69 Å². The van der Waals surface area contributed by atoms with Crippen LogP contribution in [0.15, 0.2) is 40.9 Å². The van der Waals surface area contributed by atoms with E-state index in [1.807, 2.05) is 0 Å². The van der Waals surface area contributed by atoms with Gasteiger partial charge in [-0.15, -0.1) is 0 Å². The predicted octanol–water partition coefficient (Wildman–Crippen LogP) is 1.18. The smallest absolute Gasteiger partial charge is 0.253 e. The van der Waals surface area contributed by atoms with Gasteiger partial charge < -0.3 is 16.8 Å². The minimum absolute atomic E-state index is 0.116. The van der Waals surface area contributed by atoms with E-state index in [9.17, 15) is 13.6 Å². The summed E-state index contributed by atoms with van der Waals surface area (Å²) in [7, 11) is 1.54. The van der Waals surface area contributed by atoms with E-state index < -0.39 is 5.92 Å². The van der Waals surface area contributed by atoms with Crippen molar-refractivity contribution in [1.82, 2.24) is 10.2 Å². The Balaban J connectivity index is 2.09. The van der Waals surface area contributed by atoms with Crippen molar-refractivity contribution in [2.75, 3.05) is 7.05 Å². The molecule has 1 heterocycles. The number of rotatable bonds is 3. The molecule has 126 valence electrons. The van der Waals surface area contributed by atoms with Crippen molar-refractivity contribution in [3.63, 3.8) is 0 Å². The van der Waals surface area contributed by atoms with Crippen molar-refractivity contribution < 1.29 is 13.6 Å². The van der Waals surface area contributed by atoms with E-state index in [1.165, 1.54) is 17.2 Å². The molecule has 1 fully saturated rings. The molecule has 1 amide bonds. The van der Waals surface area contributed by atoms with Crippen LogP contribution < -0.4 is 16.8 Å². The zero-order valence-electron chi connectivity index (χ0n) is 13.0. The van der Waals surface area contributed by atoms with Crippen LogP contribution in [-0.4, -0.2) is 35.7 Å². The van der Waals surface area contributed by atoms with E-state index in [1.54, 1.807) is 7.05 Å². The molecule has 0 unspecified atom stereocenters. The number of likely N-dealkylation sites (N-methyl/N-ethyl adjacent to an activating group) is 1. The normalized spacial score (nSPS) is 25.6. The molecule has 0 aromatic carbocycles. The van der Waals surface area contributed by atoms with Crippen molar-refractivity contribution in [3.8, 4) is 0 Å². The first-order chi connectivity index (χ1) is 10.7. The van der Waals surface area contributed by atoms with Gasteiger partial charge >= 0.3 is 0 Å². The van der Waals surface area contributed by atoms with E-state index in [4.69, 9.17) is 11.5 Å². The number of hydrogen-bond acceptors (Lipinski definition) is 5. The van der Waals surface area contributed by atoms with Gasteiger partial charge in [-0.2, -0.15) is 0 Å². The number of carbonyl (C=O) groups excluding carboxylic acids is 1. The van der Waals surface area contributed by atoms with Crippen LogP contribution in [0.3, 0.4) is 0 Å². The summed E-state index contributed by atoms with van der Waals surface area (Å²) in [5, 5.41) is 3.02. The topological polar surface area (TPSA) is 96.7 Å². The molecular formula is C15H21F2N5O. The summed E-state index contributed by atoms with van der Waals surface area (Å²) in [5.41, 5.74) is 12.0. The summed E-state index contributed by atoms with van der Waals surface area (Å²) >= 11 is 0. The highest BCUT2D eigenvalue weighted by Gasteiger charge is 2.35. The van der Waals surface area contributed by atoms with Gasteiger partial charge in [0.2, 0.25) is 5.92 Å². The van der Waals surface area contributed by atoms with Gasteiger partial charge in [-0.1, -0.05) is 6.58 Å². The van der Waals surface area contributed by atoms with Gasteiger partial charge in [-0.25, -0.2) is 13.8 Å². The third-order valence-electron chi connectivity index (χ3n) is 3.97. The zero-order valence-corrected chi connectivity index (χ0v) is 13.0. The Morgan fingerprint density at radius 2 is 2.13 bits per heavy atom. The molecular weight excluding hydrogens is 304 g/mol. The lowest BCUT2D eigenvalue weighted by Gasteiger charge is -2.30. The van der Waals surface area contributed by atoms with Crippen molar-refractivity contribution in [2.24, 2.45) is 16.5 Å². The molecule has 0 aromatic rings. The van der Waals surface area contributed by atoms with E-state index in [0.717, 1.165) is 0 Å². The average molecular weight is 325 g/mol. The molecule has 1 aliphatic heterocycles. The highest BCUT2D eigenvalue weighted by atomic mass is 19.3. The van der Waals surface area contributed by atoms with Gasteiger partial charge in [0.1, 0.15) is 11.7 Å². The molecule has 1 aliphatic carbocycles. The average Bonchev–Trinajstić information content (AvgIpc) is 2.47. The highest BCUT2D eigenvalue weighted by Crippen LogP contribution is 2.33. The first kappa shape index (κ1) is 17.0. The SMILES string of the molecule is C=C(/N=C1\C(=C/N)C(N)=CC(=O)N1C)NC1CCC(F)(F)CC1. The van der Waals surface area contributed by atoms with Gasteiger partial charge in [-0.05, 0) is 12.8 Å². The molecule has 5 N–H and O–H groups in total. The Labute approximate surface area is 133 Å². The lowest BCUT2D eigenvalue weighted by atomic mass is 9.92. The fraction of sp³-hybridized carbons (Fsp3) is 0.467. The van der Waals surface area contributed by atoms with Crippen LogP contribution in [0.2, 0.25) is 0 Å². The number of amidine groups is 1. The van der Waals surface area contributed by atoms with E-state index >= 15 is 0 Å². The van der Waals surface area contributed by atoms with E-state index in [0.29, 0.717) is 18.4 Å². The second kappa shape index (κ2) is 6.39. The monoisotopic (exact) mass is 325 g/mol. The Bertz CT molecular complexity index is 599. The summed E-state index contributed by atoms with van der Waals surface area (Å²) in [4.78, 5) is 17.4. The summed E-state index contributed by atoms with van der Waals surface area (Å²) < 4.78 is 26.3. The maximum Gasteiger partial charge on any atom is 0.253 e. The maximum absolute atomic E-state index is 13.2. The molecule has 0 spiro atoms. The molecule has 23 heavy (non-hydrogen) atoms. The number of alkyl halides is 2. The van der Waals surface area contributed by atoms with Gasteiger partial charge in [0.25, 0.3) is 5.91 Å². The summed E-state index contributed by atoms with van der Waals surface area (Å²) in [5.74, 6) is -2.35. The second-order valence-corrected chi connectivity index (χ2v) is 5.73. The molecule has 0 saturated heterocycles. The van der Waals surface area contributed by atoms with E-state index in [2.05, 4.69) is 16.9 Å². The molecule has 0 bridgehead atoms.